The fourth-order valence-corrected chi connectivity index (χ4v) is 4.14. The topological polar surface area (TPSA) is 76.2 Å². The molecule has 2 unspecified atom stereocenters. The maximum Gasteiger partial charge on any atom is 0.262 e. The van der Waals surface area contributed by atoms with Crippen LogP contribution >= 0.6 is 0 Å². The molecule has 3 amide bonds. The Morgan fingerprint density at radius 1 is 0.800 bits per heavy atom. The van der Waals surface area contributed by atoms with E-state index in [1.54, 1.807) is 29.2 Å². The van der Waals surface area contributed by atoms with Gasteiger partial charge in [-0.05, 0) is 31.5 Å². The molecular weight excluding hydrogens is 384 g/mol. The summed E-state index contributed by atoms with van der Waals surface area (Å²) in [5.41, 5.74) is 1.52. The molecule has 2 aromatic carbocycles. The third kappa shape index (κ3) is 3.30. The van der Waals surface area contributed by atoms with Crippen LogP contribution in [0.15, 0.2) is 54.6 Å². The number of rotatable bonds is 8. The number of likely N-dealkylation sites (tertiary alicyclic amines) is 1. The fraction of sp³-hybridized carbons (Fsp3) is 0.348. The predicted molar refractivity (Wildman–Crippen MR) is 109 cm³/mol. The van der Waals surface area contributed by atoms with Gasteiger partial charge in [0.1, 0.15) is 6.04 Å². The summed E-state index contributed by atoms with van der Waals surface area (Å²) in [6, 6.07) is 14.7. The van der Waals surface area contributed by atoms with E-state index in [2.05, 4.69) is 0 Å². The van der Waals surface area contributed by atoms with Crippen LogP contribution in [0.2, 0.25) is 0 Å². The van der Waals surface area contributed by atoms with Crippen molar-refractivity contribution in [1.82, 2.24) is 9.80 Å². The summed E-state index contributed by atoms with van der Waals surface area (Å²) >= 11 is 0. The second-order valence-corrected chi connectivity index (χ2v) is 7.16. The van der Waals surface area contributed by atoms with Crippen molar-refractivity contribution in [2.24, 2.45) is 0 Å². The molecule has 2 aliphatic heterocycles. The molecule has 0 aliphatic carbocycles. The number of amides is 3. The summed E-state index contributed by atoms with van der Waals surface area (Å²) in [7, 11) is 0. The Hall–Kier alpha value is -3.03. The number of carbonyl (C=O) groups is 3. The van der Waals surface area contributed by atoms with E-state index in [1.165, 1.54) is 0 Å². The first-order valence-electron chi connectivity index (χ1n) is 10.1. The van der Waals surface area contributed by atoms with Crippen molar-refractivity contribution < 1.29 is 23.9 Å². The van der Waals surface area contributed by atoms with Crippen LogP contribution in [-0.4, -0.2) is 59.6 Å². The van der Waals surface area contributed by atoms with Gasteiger partial charge in [0.15, 0.2) is 6.29 Å². The molecule has 2 atom stereocenters. The SMILES string of the molecule is CCOC(CN1C(=O)C(N2C(=O)c3ccccc3C2=O)C1c1ccccc1)OCC. The lowest BCUT2D eigenvalue weighted by atomic mass is 9.87. The second-order valence-electron chi connectivity index (χ2n) is 7.16. The molecule has 7 nitrogen and oxygen atoms in total. The van der Waals surface area contributed by atoms with Gasteiger partial charge < -0.3 is 14.4 Å². The summed E-state index contributed by atoms with van der Waals surface area (Å²) in [5, 5.41) is 0. The Balaban J connectivity index is 1.66. The van der Waals surface area contributed by atoms with Crippen LogP contribution in [0, 0.1) is 0 Å². The number of nitrogens with zero attached hydrogens (tertiary/aromatic N) is 2. The Bertz CT molecular complexity index is 920. The van der Waals surface area contributed by atoms with E-state index in [4.69, 9.17) is 9.47 Å². The van der Waals surface area contributed by atoms with Gasteiger partial charge in [-0.2, -0.15) is 0 Å². The lowest BCUT2D eigenvalue weighted by Crippen LogP contribution is -2.67. The molecule has 2 heterocycles. The highest BCUT2D eigenvalue weighted by Crippen LogP contribution is 2.41. The minimum atomic E-state index is -0.885. The molecule has 0 bridgehead atoms. The van der Waals surface area contributed by atoms with Crippen LogP contribution in [0.1, 0.15) is 46.2 Å². The van der Waals surface area contributed by atoms with E-state index >= 15 is 0 Å². The van der Waals surface area contributed by atoms with Gasteiger partial charge in [0.05, 0.1) is 23.7 Å². The lowest BCUT2D eigenvalue weighted by molar-refractivity contribution is -0.182. The zero-order valence-electron chi connectivity index (χ0n) is 17.0. The van der Waals surface area contributed by atoms with Crippen molar-refractivity contribution in [2.75, 3.05) is 19.8 Å². The number of ether oxygens (including phenoxy) is 2. The summed E-state index contributed by atoms with van der Waals surface area (Å²) in [5.74, 6) is -1.15. The maximum absolute atomic E-state index is 13.2. The fourth-order valence-electron chi connectivity index (χ4n) is 4.14. The molecule has 156 valence electrons. The number of fused-ring (bicyclic) bond motifs is 1. The summed E-state index contributed by atoms with van der Waals surface area (Å²) in [6.07, 6.45) is -0.571. The number of hydrogen-bond acceptors (Lipinski definition) is 5. The lowest BCUT2D eigenvalue weighted by Gasteiger charge is -2.50. The normalized spacial score (nSPS) is 20.7. The average Bonchev–Trinajstić information content (AvgIpc) is 3.01. The molecule has 0 spiro atoms. The molecule has 0 N–H and O–H groups in total. The number of carbonyl (C=O) groups excluding carboxylic acids is 3. The van der Waals surface area contributed by atoms with Crippen LogP contribution in [0.3, 0.4) is 0 Å². The van der Waals surface area contributed by atoms with Crippen molar-refractivity contribution in [3.05, 3.63) is 71.3 Å². The van der Waals surface area contributed by atoms with Crippen LogP contribution in [0.25, 0.3) is 0 Å². The Morgan fingerprint density at radius 3 is 1.87 bits per heavy atom. The first-order chi connectivity index (χ1) is 14.6. The van der Waals surface area contributed by atoms with Crippen molar-refractivity contribution in [2.45, 2.75) is 32.2 Å². The molecule has 30 heavy (non-hydrogen) atoms. The minimum Gasteiger partial charge on any atom is -0.351 e. The second kappa shape index (κ2) is 8.38. The zero-order chi connectivity index (χ0) is 21.3. The highest BCUT2D eigenvalue weighted by atomic mass is 16.7. The van der Waals surface area contributed by atoms with Crippen LogP contribution in [0.4, 0.5) is 0 Å². The summed E-state index contributed by atoms with van der Waals surface area (Å²) < 4.78 is 11.2. The van der Waals surface area contributed by atoms with Gasteiger partial charge in [-0.15, -0.1) is 0 Å². The standard InChI is InChI=1S/C23H24N2O5/c1-3-29-18(30-4-2)14-24-19(15-10-6-5-7-11-15)20(23(24)28)25-21(26)16-12-8-9-13-17(16)22(25)27/h5-13,18-20H,3-4,14H2,1-2H3. The molecule has 0 saturated carbocycles. The number of hydrogen-bond donors (Lipinski definition) is 0. The van der Waals surface area contributed by atoms with Gasteiger partial charge in [0.2, 0.25) is 5.91 Å². The van der Waals surface area contributed by atoms with Crippen molar-refractivity contribution in [3.63, 3.8) is 0 Å². The molecule has 0 radical (unpaired) electrons. The summed E-state index contributed by atoms with van der Waals surface area (Å²) in [6.45, 7) is 4.84. The van der Waals surface area contributed by atoms with Crippen molar-refractivity contribution >= 4 is 17.7 Å². The Labute approximate surface area is 175 Å². The van der Waals surface area contributed by atoms with E-state index in [0.29, 0.717) is 24.3 Å². The van der Waals surface area contributed by atoms with E-state index in [1.807, 2.05) is 44.2 Å². The van der Waals surface area contributed by atoms with Crippen LogP contribution in [0.5, 0.6) is 0 Å². The molecule has 1 saturated heterocycles. The monoisotopic (exact) mass is 408 g/mol. The van der Waals surface area contributed by atoms with E-state index in [9.17, 15) is 14.4 Å². The Kier molecular flexibility index (Phi) is 5.65. The smallest absolute Gasteiger partial charge is 0.262 e. The molecule has 2 aliphatic rings. The van der Waals surface area contributed by atoms with Crippen LogP contribution < -0.4 is 0 Å². The van der Waals surface area contributed by atoms with Crippen molar-refractivity contribution in [1.29, 1.82) is 0 Å². The number of benzene rings is 2. The predicted octanol–water partition coefficient (Wildman–Crippen LogP) is 2.63. The van der Waals surface area contributed by atoms with Gasteiger partial charge in [0, 0.05) is 13.2 Å². The Morgan fingerprint density at radius 2 is 1.33 bits per heavy atom. The molecular formula is C23H24N2O5. The largest absolute Gasteiger partial charge is 0.351 e. The molecule has 0 aromatic heterocycles. The van der Waals surface area contributed by atoms with Crippen LogP contribution in [-0.2, 0) is 14.3 Å². The van der Waals surface area contributed by atoms with Gasteiger partial charge in [-0.3, -0.25) is 19.3 Å². The number of imide groups is 1. The minimum absolute atomic E-state index is 0.222. The first kappa shape index (κ1) is 20.3. The van der Waals surface area contributed by atoms with E-state index in [0.717, 1.165) is 10.5 Å². The third-order valence-electron chi connectivity index (χ3n) is 5.47. The van der Waals surface area contributed by atoms with Gasteiger partial charge in [-0.1, -0.05) is 42.5 Å². The maximum atomic E-state index is 13.2. The quantitative estimate of drug-likeness (QED) is 0.381. The molecule has 7 heteroatoms. The molecule has 4 rings (SSSR count). The average molecular weight is 408 g/mol. The highest BCUT2D eigenvalue weighted by molar-refractivity contribution is 6.23. The summed E-state index contributed by atoms with van der Waals surface area (Å²) in [4.78, 5) is 41.9. The number of β-lactam (4-membered cyclic amide) rings is 1. The molecule has 2 aromatic rings. The van der Waals surface area contributed by atoms with E-state index in [-0.39, 0.29) is 12.5 Å². The molecule has 1 fully saturated rings. The van der Waals surface area contributed by atoms with Gasteiger partial charge >= 0.3 is 0 Å². The first-order valence-corrected chi connectivity index (χ1v) is 10.1. The van der Waals surface area contributed by atoms with Crippen molar-refractivity contribution in [3.8, 4) is 0 Å². The van der Waals surface area contributed by atoms with Gasteiger partial charge in [0.25, 0.3) is 11.8 Å². The zero-order valence-corrected chi connectivity index (χ0v) is 17.0. The highest BCUT2D eigenvalue weighted by Gasteiger charge is 2.57. The van der Waals surface area contributed by atoms with E-state index < -0.39 is 30.2 Å². The third-order valence-corrected chi connectivity index (χ3v) is 5.47. The van der Waals surface area contributed by atoms with Gasteiger partial charge in [-0.25, -0.2) is 0 Å².